The Balaban J connectivity index is 1.70. The number of fused-ring (bicyclic) bond motifs is 2. The highest BCUT2D eigenvalue weighted by atomic mass is 16.4. The lowest BCUT2D eigenvalue weighted by Gasteiger charge is -2.20. The number of carbonyl (C=O) groups is 4. The number of hydrogen-bond acceptors (Lipinski definition) is 7. The van der Waals surface area contributed by atoms with Crippen LogP contribution in [0.25, 0.3) is 21.9 Å². The second-order valence-electron chi connectivity index (χ2n) is 8.79. The first-order chi connectivity index (χ1) is 17.5. The topological polar surface area (TPSA) is 194 Å². The van der Waals surface area contributed by atoms with Crippen molar-refractivity contribution < 1.29 is 33.1 Å². The summed E-state index contributed by atoms with van der Waals surface area (Å²) in [5.41, 5.74) is 6.88. The lowest BCUT2D eigenvalue weighted by atomic mass is 10.0. The van der Waals surface area contributed by atoms with Crippen LogP contribution in [0.5, 0.6) is 0 Å². The van der Waals surface area contributed by atoms with Gasteiger partial charge in [-0.3, -0.25) is 9.59 Å². The molecule has 2 aromatic heterocycles. The van der Waals surface area contributed by atoms with Crippen molar-refractivity contribution >= 4 is 45.8 Å². The molecule has 4 amide bonds. The first-order valence-electron chi connectivity index (χ1n) is 11.8. The van der Waals surface area contributed by atoms with Crippen LogP contribution in [0.15, 0.2) is 32.0 Å². The third-order valence-corrected chi connectivity index (χ3v) is 6.16. The highest BCUT2D eigenvalue weighted by Crippen LogP contribution is 2.28. The molecule has 2 atom stereocenters. The maximum Gasteiger partial charge on any atom is 0.340 e. The van der Waals surface area contributed by atoms with E-state index in [1.165, 1.54) is 0 Å². The van der Waals surface area contributed by atoms with E-state index in [2.05, 4.69) is 16.0 Å². The Kier molecular flexibility index (Phi) is 8.53. The number of nitrogens with two attached hydrogens (primary N) is 1. The zero-order valence-electron chi connectivity index (χ0n) is 20.8. The van der Waals surface area contributed by atoms with Crippen molar-refractivity contribution in [2.45, 2.75) is 58.5 Å². The van der Waals surface area contributed by atoms with Gasteiger partial charge in [-0.2, -0.15) is 0 Å². The van der Waals surface area contributed by atoms with Crippen LogP contribution < -0.4 is 27.3 Å². The van der Waals surface area contributed by atoms with Gasteiger partial charge in [0.25, 0.3) is 0 Å². The Labute approximate surface area is 211 Å². The van der Waals surface area contributed by atoms with Crippen molar-refractivity contribution in [3.63, 3.8) is 0 Å². The molecule has 6 N–H and O–H groups in total. The van der Waals surface area contributed by atoms with Crippen LogP contribution >= 0.6 is 0 Å². The molecule has 0 spiro atoms. The molecule has 0 saturated heterocycles. The number of carbonyl (C=O) groups excluding carboxylic acids is 3. The SMILES string of the molecule is CC[C@H](NC(=O)Cc1c(C)c2cc3c(C)coc3cc2oc1=O)C(=O)N[C@H](CCCNC(N)=O)C(=O)O. The first-order valence-corrected chi connectivity index (χ1v) is 11.8. The van der Waals surface area contributed by atoms with E-state index in [1.807, 2.05) is 13.0 Å². The lowest BCUT2D eigenvalue weighted by Crippen LogP contribution is -2.51. The standard InChI is InChI=1S/C25H30N4O8/c1-4-17(22(31)29-18(23(32)33)6-5-7-27-25(26)35)28-21(30)9-16-13(3)15-8-14-12(2)11-36-19(14)10-20(15)37-24(16)34/h8,10-11,17-18H,4-7,9H2,1-3H3,(H,28,30)(H,29,31)(H,32,33)(H3,26,27,35)/t17-,18+/m0/s1. The molecule has 0 aliphatic heterocycles. The van der Waals surface area contributed by atoms with E-state index < -0.39 is 41.5 Å². The zero-order valence-corrected chi connectivity index (χ0v) is 20.8. The predicted octanol–water partition coefficient (Wildman–Crippen LogP) is 1.61. The van der Waals surface area contributed by atoms with Crippen molar-refractivity contribution in [3.05, 3.63) is 45.5 Å². The molecule has 0 unspecified atom stereocenters. The number of carboxylic acids is 1. The molecular formula is C25H30N4O8. The molecule has 1 aromatic carbocycles. The van der Waals surface area contributed by atoms with Gasteiger partial charge in [-0.1, -0.05) is 6.92 Å². The third-order valence-electron chi connectivity index (χ3n) is 6.16. The first kappa shape index (κ1) is 27.2. The average Bonchev–Trinajstić information content (AvgIpc) is 3.20. The minimum atomic E-state index is -1.25. The van der Waals surface area contributed by atoms with Crippen LogP contribution in [0.4, 0.5) is 4.79 Å². The van der Waals surface area contributed by atoms with E-state index in [1.54, 1.807) is 26.2 Å². The molecule has 0 saturated carbocycles. The number of benzene rings is 1. The van der Waals surface area contributed by atoms with Gasteiger partial charge >= 0.3 is 17.6 Å². The van der Waals surface area contributed by atoms with E-state index >= 15 is 0 Å². The number of nitrogens with one attached hydrogen (secondary N) is 3. The Morgan fingerprint density at radius 3 is 2.43 bits per heavy atom. The fourth-order valence-electron chi connectivity index (χ4n) is 4.05. The molecule has 0 radical (unpaired) electrons. The molecule has 0 fully saturated rings. The van der Waals surface area contributed by atoms with Crippen molar-refractivity contribution in [2.24, 2.45) is 5.73 Å². The van der Waals surface area contributed by atoms with Gasteiger partial charge in [0.1, 0.15) is 23.2 Å². The monoisotopic (exact) mass is 514 g/mol. The van der Waals surface area contributed by atoms with Crippen LogP contribution in [-0.4, -0.2) is 47.5 Å². The predicted molar refractivity (Wildman–Crippen MR) is 134 cm³/mol. The maximum absolute atomic E-state index is 12.8. The number of rotatable bonds is 11. The fourth-order valence-corrected chi connectivity index (χ4v) is 4.05. The van der Waals surface area contributed by atoms with Gasteiger partial charge in [0.05, 0.1) is 18.2 Å². The van der Waals surface area contributed by atoms with Gasteiger partial charge in [0.15, 0.2) is 0 Å². The van der Waals surface area contributed by atoms with Crippen molar-refractivity contribution in [1.29, 1.82) is 0 Å². The van der Waals surface area contributed by atoms with Gasteiger partial charge in [-0.05, 0) is 50.3 Å². The summed E-state index contributed by atoms with van der Waals surface area (Å²) in [5, 5.41) is 18.3. The lowest BCUT2D eigenvalue weighted by molar-refractivity contribution is -0.142. The van der Waals surface area contributed by atoms with Gasteiger partial charge in [0, 0.05) is 23.4 Å². The second-order valence-corrected chi connectivity index (χ2v) is 8.79. The largest absolute Gasteiger partial charge is 0.480 e. The summed E-state index contributed by atoms with van der Waals surface area (Å²) in [6.45, 7) is 5.43. The second kappa shape index (κ2) is 11.6. The molecule has 0 aliphatic carbocycles. The van der Waals surface area contributed by atoms with E-state index in [9.17, 15) is 29.1 Å². The van der Waals surface area contributed by atoms with Gasteiger partial charge in [-0.15, -0.1) is 0 Å². The molecule has 0 aliphatic rings. The van der Waals surface area contributed by atoms with Gasteiger partial charge < -0.3 is 35.6 Å². The third kappa shape index (κ3) is 6.46. The quantitative estimate of drug-likeness (QED) is 0.188. The zero-order chi connectivity index (χ0) is 27.3. The number of primary amides is 1. The summed E-state index contributed by atoms with van der Waals surface area (Å²) in [7, 11) is 0. The Morgan fingerprint density at radius 1 is 1.05 bits per heavy atom. The van der Waals surface area contributed by atoms with Crippen molar-refractivity contribution in [2.75, 3.05) is 6.54 Å². The van der Waals surface area contributed by atoms with Gasteiger partial charge in [-0.25, -0.2) is 14.4 Å². The fraction of sp³-hybridized carbons (Fsp3) is 0.400. The molecule has 2 heterocycles. The summed E-state index contributed by atoms with van der Waals surface area (Å²) >= 11 is 0. The van der Waals surface area contributed by atoms with E-state index in [0.717, 1.165) is 10.9 Å². The van der Waals surface area contributed by atoms with Crippen molar-refractivity contribution in [1.82, 2.24) is 16.0 Å². The number of aryl methyl sites for hydroxylation is 2. The molecule has 3 rings (SSSR count). The number of carboxylic acid groups (broad SMARTS) is 1. The minimum absolute atomic E-state index is 0.0481. The summed E-state index contributed by atoms with van der Waals surface area (Å²) in [6, 6.07) is 0.516. The van der Waals surface area contributed by atoms with E-state index in [0.29, 0.717) is 22.1 Å². The number of hydrogen-bond donors (Lipinski definition) is 5. The minimum Gasteiger partial charge on any atom is -0.480 e. The Hall–Kier alpha value is -4.35. The molecule has 12 nitrogen and oxygen atoms in total. The molecule has 198 valence electrons. The Morgan fingerprint density at radius 2 is 1.78 bits per heavy atom. The van der Waals surface area contributed by atoms with E-state index in [4.69, 9.17) is 14.6 Å². The van der Waals surface area contributed by atoms with Gasteiger partial charge in [0.2, 0.25) is 11.8 Å². The van der Waals surface area contributed by atoms with Crippen LogP contribution in [0.3, 0.4) is 0 Å². The average molecular weight is 515 g/mol. The van der Waals surface area contributed by atoms with Crippen molar-refractivity contribution in [3.8, 4) is 0 Å². The number of aliphatic carboxylic acids is 1. The molecule has 3 aromatic rings. The molecule has 37 heavy (non-hydrogen) atoms. The summed E-state index contributed by atoms with van der Waals surface area (Å²) in [4.78, 5) is 60.4. The van der Waals surface area contributed by atoms with Crippen LogP contribution in [0, 0.1) is 13.8 Å². The Bertz CT molecular complexity index is 1410. The summed E-state index contributed by atoms with van der Waals surface area (Å²) in [6.07, 6.45) is 1.79. The molecule has 12 heteroatoms. The van der Waals surface area contributed by atoms with Crippen LogP contribution in [0.2, 0.25) is 0 Å². The molecular weight excluding hydrogens is 484 g/mol. The number of urea groups is 1. The maximum atomic E-state index is 12.8. The highest BCUT2D eigenvalue weighted by Gasteiger charge is 2.26. The number of amides is 4. The highest BCUT2D eigenvalue weighted by molar-refractivity contribution is 5.97. The smallest absolute Gasteiger partial charge is 0.340 e. The van der Waals surface area contributed by atoms with E-state index in [-0.39, 0.29) is 37.8 Å². The number of furan rings is 1. The summed E-state index contributed by atoms with van der Waals surface area (Å²) in [5.74, 6) is -2.51. The van der Waals surface area contributed by atoms with Crippen LogP contribution in [-0.2, 0) is 20.8 Å². The summed E-state index contributed by atoms with van der Waals surface area (Å²) < 4.78 is 10.9. The molecule has 0 bridgehead atoms. The normalized spacial score (nSPS) is 12.7. The van der Waals surface area contributed by atoms with Crippen LogP contribution in [0.1, 0.15) is 42.9 Å².